The van der Waals surface area contributed by atoms with Gasteiger partial charge in [0.1, 0.15) is 0 Å². The second-order valence-corrected chi connectivity index (χ2v) is 7.22. The van der Waals surface area contributed by atoms with Crippen LogP contribution in [0.2, 0.25) is 0 Å². The minimum absolute atomic E-state index is 0.145. The van der Waals surface area contributed by atoms with Crippen LogP contribution in [0.5, 0.6) is 0 Å². The van der Waals surface area contributed by atoms with E-state index in [4.69, 9.17) is 5.73 Å². The molecule has 26 heavy (non-hydrogen) atoms. The van der Waals surface area contributed by atoms with Crippen LogP contribution in [0.1, 0.15) is 10.4 Å². The maximum Gasteiger partial charge on any atom is 0.261 e. The summed E-state index contributed by atoms with van der Waals surface area (Å²) in [6.07, 6.45) is 0. The number of nitrogen functional groups attached to an aromatic ring is 1. The van der Waals surface area contributed by atoms with Crippen molar-refractivity contribution in [2.24, 2.45) is 0 Å². The molecule has 7 heteroatoms. The van der Waals surface area contributed by atoms with Gasteiger partial charge in [-0.15, -0.1) is 0 Å². The highest BCUT2D eigenvalue weighted by molar-refractivity contribution is 7.92. The molecule has 1 amide bonds. The normalized spacial score (nSPS) is 10.9. The van der Waals surface area contributed by atoms with Gasteiger partial charge >= 0.3 is 0 Å². The van der Waals surface area contributed by atoms with Gasteiger partial charge in [0.2, 0.25) is 0 Å². The van der Waals surface area contributed by atoms with E-state index in [0.29, 0.717) is 22.6 Å². The van der Waals surface area contributed by atoms with Crippen LogP contribution < -0.4 is 15.8 Å². The molecule has 0 aliphatic rings. The molecule has 0 aliphatic carbocycles. The first kappa shape index (κ1) is 17.5. The number of para-hydroxylation sites is 2. The van der Waals surface area contributed by atoms with Crippen molar-refractivity contribution in [2.45, 2.75) is 4.90 Å². The number of benzene rings is 3. The third-order valence-electron chi connectivity index (χ3n) is 3.64. The molecule has 3 aromatic carbocycles. The fourth-order valence-electron chi connectivity index (χ4n) is 2.34. The van der Waals surface area contributed by atoms with Gasteiger partial charge in [-0.3, -0.25) is 9.52 Å². The molecule has 4 N–H and O–H groups in total. The molecule has 3 rings (SSSR count). The van der Waals surface area contributed by atoms with Crippen LogP contribution >= 0.6 is 0 Å². The van der Waals surface area contributed by atoms with E-state index in [1.165, 1.54) is 18.2 Å². The molecule has 0 atom stereocenters. The second kappa shape index (κ2) is 7.28. The quantitative estimate of drug-likeness (QED) is 0.602. The summed E-state index contributed by atoms with van der Waals surface area (Å²) >= 11 is 0. The summed E-state index contributed by atoms with van der Waals surface area (Å²) in [7, 11) is -3.72. The van der Waals surface area contributed by atoms with Crippen molar-refractivity contribution in [1.82, 2.24) is 0 Å². The molecule has 132 valence electrons. The Hall–Kier alpha value is -3.32. The van der Waals surface area contributed by atoms with Crippen molar-refractivity contribution < 1.29 is 13.2 Å². The number of carbonyl (C=O) groups is 1. The van der Waals surface area contributed by atoms with Crippen molar-refractivity contribution in [3.8, 4) is 0 Å². The first-order chi connectivity index (χ1) is 12.5. The van der Waals surface area contributed by atoms with E-state index in [-0.39, 0.29) is 10.8 Å². The molecule has 6 nitrogen and oxygen atoms in total. The van der Waals surface area contributed by atoms with Gasteiger partial charge in [-0.05, 0) is 42.5 Å². The number of nitrogens with one attached hydrogen (secondary N) is 2. The van der Waals surface area contributed by atoms with Gasteiger partial charge in [0.15, 0.2) is 0 Å². The zero-order valence-electron chi connectivity index (χ0n) is 13.7. The Morgan fingerprint density at radius 3 is 2.27 bits per heavy atom. The summed E-state index contributed by atoms with van der Waals surface area (Å²) in [5, 5.41) is 2.71. The van der Waals surface area contributed by atoms with Gasteiger partial charge in [0.05, 0.1) is 16.3 Å². The molecular weight excluding hydrogens is 350 g/mol. The van der Waals surface area contributed by atoms with Gasteiger partial charge in [0, 0.05) is 11.3 Å². The summed E-state index contributed by atoms with van der Waals surface area (Å²) in [5.41, 5.74) is 7.36. The Balaban J connectivity index is 1.80. The zero-order chi connectivity index (χ0) is 18.6. The SMILES string of the molecule is Nc1ccccc1NC(=O)c1cccc(NS(=O)(=O)c2ccccc2)c1. The minimum atomic E-state index is -3.72. The van der Waals surface area contributed by atoms with Crippen LogP contribution in [0.4, 0.5) is 17.1 Å². The number of amides is 1. The highest BCUT2D eigenvalue weighted by Gasteiger charge is 2.15. The highest BCUT2D eigenvalue weighted by Crippen LogP contribution is 2.20. The Morgan fingerprint density at radius 1 is 0.846 bits per heavy atom. The molecule has 0 radical (unpaired) electrons. The third kappa shape index (κ3) is 4.01. The fraction of sp³-hybridized carbons (Fsp3) is 0. The molecule has 0 heterocycles. The van der Waals surface area contributed by atoms with Crippen LogP contribution in [-0.2, 0) is 10.0 Å². The van der Waals surface area contributed by atoms with Crippen molar-refractivity contribution in [2.75, 3.05) is 15.8 Å². The number of nitrogens with two attached hydrogens (primary N) is 1. The number of anilines is 3. The first-order valence-corrected chi connectivity index (χ1v) is 9.28. The molecule has 0 bridgehead atoms. The van der Waals surface area contributed by atoms with Gasteiger partial charge in [-0.2, -0.15) is 0 Å². The van der Waals surface area contributed by atoms with Crippen LogP contribution in [0.3, 0.4) is 0 Å². The van der Waals surface area contributed by atoms with Gasteiger partial charge < -0.3 is 11.1 Å². The molecule has 0 saturated heterocycles. The number of sulfonamides is 1. The zero-order valence-corrected chi connectivity index (χ0v) is 14.5. The molecule has 0 fully saturated rings. The average Bonchev–Trinajstić information content (AvgIpc) is 2.64. The number of rotatable bonds is 5. The maximum atomic E-state index is 12.4. The van der Waals surface area contributed by atoms with E-state index in [0.717, 1.165) is 0 Å². The summed E-state index contributed by atoms with van der Waals surface area (Å²) in [5.74, 6) is -0.386. The van der Waals surface area contributed by atoms with E-state index >= 15 is 0 Å². The van der Waals surface area contributed by atoms with Crippen molar-refractivity contribution >= 4 is 33.0 Å². The van der Waals surface area contributed by atoms with E-state index in [1.807, 2.05) is 0 Å². The Morgan fingerprint density at radius 2 is 1.54 bits per heavy atom. The molecule has 0 aromatic heterocycles. The average molecular weight is 367 g/mol. The van der Waals surface area contributed by atoms with Crippen molar-refractivity contribution in [1.29, 1.82) is 0 Å². The van der Waals surface area contributed by atoms with Gasteiger partial charge in [-0.1, -0.05) is 36.4 Å². The Labute approximate surface area is 151 Å². The monoisotopic (exact) mass is 367 g/mol. The van der Waals surface area contributed by atoms with Crippen molar-refractivity contribution in [3.63, 3.8) is 0 Å². The van der Waals surface area contributed by atoms with Crippen LogP contribution in [0.15, 0.2) is 83.8 Å². The van der Waals surface area contributed by atoms with Crippen molar-refractivity contribution in [3.05, 3.63) is 84.4 Å². The van der Waals surface area contributed by atoms with E-state index in [1.54, 1.807) is 60.7 Å². The summed E-state index contributed by atoms with van der Waals surface area (Å²) in [6, 6.07) is 21.2. The molecular formula is C19H17N3O3S. The summed E-state index contributed by atoms with van der Waals surface area (Å²) in [4.78, 5) is 12.6. The topological polar surface area (TPSA) is 101 Å². The van der Waals surface area contributed by atoms with Gasteiger partial charge in [0.25, 0.3) is 15.9 Å². The van der Waals surface area contributed by atoms with Crippen LogP contribution in [0, 0.1) is 0 Å². The lowest BCUT2D eigenvalue weighted by Crippen LogP contribution is -2.15. The second-order valence-electron chi connectivity index (χ2n) is 5.54. The molecule has 0 aliphatic heterocycles. The van der Waals surface area contributed by atoms with Gasteiger partial charge in [-0.25, -0.2) is 8.42 Å². The lowest BCUT2D eigenvalue weighted by molar-refractivity contribution is 0.102. The smallest absolute Gasteiger partial charge is 0.261 e. The Bertz CT molecular complexity index is 1030. The standard InChI is InChI=1S/C19H17N3O3S/c20-17-11-4-5-12-18(17)21-19(23)14-7-6-8-15(13-14)22-26(24,25)16-9-2-1-3-10-16/h1-13,22H,20H2,(H,21,23). The lowest BCUT2D eigenvalue weighted by atomic mass is 10.2. The first-order valence-electron chi connectivity index (χ1n) is 7.79. The minimum Gasteiger partial charge on any atom is -0.397 e. The summed E-state index contributed by atoms with van der Waals surface area (Å²) in [6.45, 7) is 0. The van der Waals surface area contributed by atoms with Crippen LogP contribution in [0.25, 0.3) is 0 Å². The number of hydrogen-bond donors (Lipinski definition) is 3. The predicted molar refractivity (Wildman–Crippen MR) is 103 cm³/mol. The molecule has 3 aromatic rings. The van der Waals surface area contributed by atoms with E-state index < -0.39 is 10.0 Å². The number of hydrogen-bond acceptors (Lipinski definition) is 4. The predicted octanol–water partition coefficient (Wildman–Crippen LogP) is 3.32. The highest BCUT2D eigenvalue weighted by atomic mass is 32.2. The maximum absolute atomic E-state index is 12.4. The molecule has 0 unspecified atom stereocenters. The molecule has 0 saturated carbocycles. The number of carbonyl (C=O) groups excluding carboxylic acids is 1. The Kier molecular flexibility index (Phi) is 4.90. The largest absolute Gasteiger partial charge is 0.397 e. The fourth-order valence-corrected chi connectivity index (χ4v) is 3.41. The van der Waals surface area contributed by atoms with Crippen LogP contribution in [-0.4, -0.2) is 14.3 Å². The van der Waals surface area contributed by atoms with E-state index in [2.05, 4.69) is 10.0 Å². The lowest BCUT2D eigenvalue weighted by Gasteiger charge is -2.11. The summed E-state index contributed by atoms with van der Waals surface area (Å²) < 4.78 is 27.3. The third-order valence-corrected chi connectivity index (χ3v) is 5.04. The molecule has 0 spiro atoms. The van der Waals surface area contributed by atoms with E-state index in [9.17, 15) is 13.2 Å².